The van der Waals surface area contributed by atoms with Crippen LogP contribution >= 0.6 is 0 Å². The summed E-state index contributed by atoms with van der Waals surface area (Å²) in [4.78, 5) is 4.30. The Morgan fingerprint density at radius 3 is 2.31 bits per heavy atom. The molecular weight excluding hydrogens is 322 g/mol. The molecule has 4 heteroatoms. The van der Waals surface area contributed by atoms with Crippen molar-refractivity contribution >= 4 is 0 Å². The predicted molar refractivity (Wildman–Crippen MR) is 102 cm³/mol. The highest BCUT2D eigenvalue weighted by molar-refractivity contribution is 5.63. The van der Waals surface area contributed by atoms with Gasteiger partial charge >= 0.3 is 0 Å². The third-order valence-electron chi connectivity index (χ3n) is 4.80. The van der Waals surface area contributed by atoms with E-state index in [2.05, 4.69) is 48.0 Å². The van der Waals surface area contributed by atoms with Crippen LogP contribution in [-0.4, -0.2) is 9.55 Å². The Balaban J connectivity index is 1.90. The minimum Gasteiger partial charge on any atom is -0.860 e. The third-order valence-corrected chi connectivity index (χ3v) is 4.80. The van der Waals surface area contributed by atoms with Gasteiger partial charge in [-0.25, -0.2) is 4.98 Å². The second kappa shape index (κ2) is 7.00. The molecule has 0 bridgehead atoms. The molecule has 0 aliphatic carbocycles. The van der Waals surface area contributed by atoms with E-state index in [4.69, 9.17) is 5.41 Å². The van der Waals surface area contributed by atoms with Crippen molar-refractivity contribution < 1.29 is 5.11 Å². The molecule has 0 saturated heterocycles. The highest BCUT2D eigenvalue weighted by Gasteiger charge is 2.25. The molecule has 3 aromatic rings. The van der Waals surface area contributed by atoms with E-state index in [-0.39, 0.29) is 11.5 Å². The molecule has 0 fully saturated rings. The molecule has 1 atom stereocenters. The van der Waals surface area contributed by atoms with E-state index in [1.807, 2.05) is 25.1 Å². The number of benzene rings is 2. The van der Waals surface area contributed by atoms with Crippen LogP contribution in [0.3, 0.4) is 0 Å². The number of hydrogen-bond donors (Lipinski definition) is 1. The van der Waals surface area contributed by atoms with Gasteiger partial charge in [0.15, 0.2) is 0 Å². The van der Waals surface area contributed by atoms with Gasteiger partial charge in [0.2, 0.25) is 5.62 Å². The minimum atomic E-state index is -0.516. The maximum absolute atomic E-state index is 12.0. The smallest absolute Gasteiger partial charge is 0.221 e. The lowest BCUT2D eigenvalue weighted by molar-refractivity contribution is -0.279. The zero-order valence-electron chi connectivity index (χ0n) is 15.1. The quantitative estimate of drug-likeness (QED) is 0.722. The van der Waals surface area contributed by atoms with E-state index in [1.54, 1.807) is 13.1 Å². The summed E-state index contributed by atoms with van der Waals surface area (Å²) >= 11 is 0. The van der Waals surface area contributed by atoms with Crippen molar-refractivity contribution in [3.8, 4) is 17.0 Å². The van der Waals surface area contributed by atoms with E-state index in [9.17, 15) is 5.11 Å². The predicted octanol–water partition coefficient (Wildman–Crippen LogP) is 3.33. The molecule has 0 aliphatic rings. The van der Waals surface area contributed by atoms with Gasteiger partial charge in [-0.2, -0.15) is 0 Å². The fourth-order valence-corrected chi connectivity index (χ4v) is 2.97. The molecule has 4 nitrogen and oxygen atoms in total. The maximum Gasteiger partial charge on any atom is 0.221 e. The summed E-state index contributed by atoms with van der Waals surface area (Å²) in [7, 11) is 1.55. The van der Waals surface area contributed by atoms with Crippen molar-refractivity contribution in [1.29, 1.82) is 5.41 Å². The van der Waals surface area contributed by atoms with Crippen molar-refractivity contribution in [2.24, 2.45) is 7.05 Å². The molecular formula is C22H22N3O-. The molecule has 2 aromatic carbocycles. The van der Waals surface area contributed by atoms with E-state index in [0.717, 1.165) is 11.1 Å². The van der Waals surface area contributed by atoms with Gasteiger partial charge in [0, 0.05) is 12.5 Å². The molecule has 0 saturated carbocycles. The fraction of sp³-hybridized carbons (Fsp3) is 0.182. The molecule has 0 spiro atoms. The van der Waals surface area contributed by atoms with Gasteiger partial charge in [-0.1, -0.05) is 67.6 Å². The van der Waals surface area contributed by atoms with Gasteiger partial charge in [-0.05, 0) is 35.1 Å². The Kier molecular flexibility index (Phi) is 4.76. The monoisotopic (exact) mass is 344 g/mol. The van der Waals surface area contributed by atoms with Gasteiger partial charge in [-0.15, -0.1) is 6.58 Å². The standard InChI is InChI=1S/C22H23N3O/c1-4-22(2,19-14-20(26)25(3)21(23)24-19)15-16-10-12-18(13-11-16)17-8-6-5-7-9-17/h4-14,23,26H,1,15H2,2-3H3/p-1/t22-/m1/s1. The lowest BCUT2D eigenvalue weighted by atomic mass is 9.80. The van der Waals surface area contributed by atoms with Gasteiger partial charge in [0.05, 0.1) is 5.69 Å². The lowest BCUT2D eigenvalue weighted by Crippen LogP contribution is -2.31. The second-order valence-electron chi connectivity index (χ2n) is 6.72. The van der Waals surface area contributed by atoms with Crippen LogP contribution in [-0.2, 0) is 18.9 Å². The Bertz CT molecular complexity index is 975. The molecule has 3 rings (SSSR count). The number of allylic oxidation sites excluding steroid dienone is 1. The molecule has 0 amide bonds. The Hall–Kier alpha value is -3.14. The zero-order chi connectivity index (χ0) is 18.7. The number of rotatable bonds is 5. The van der Waals surface area contributed by atoms with Gasteiger partial charge < -0.3 is 9.67 Å². The summed E-state index contributed by atoms with van der Waals surface area (Å²) < 4.78 is 1.22. The van der Waals surface area contributed by atoms with Crippen molar-refractivity contribution in [1.82, 2.24) is 9.55 Å². The number of aromatic nitrogens is 2. The highest BCUT2D eigenvalue weighted by atomic mass is 16.3. The normalized spacial score (nSPS) is 13.2. The second-order valence-corrected chi connectivity index (χ2v) is 6.72. The third kappa shape index (κ3) is 3.45. The Morgan fingerprint density at radius 2 is 1.73 bits per heavy atom. The average molecular weight is 344 g/mol. The summed E-state index contributed by atoms with van der Waals surface area (Å²) in [6.45, 7) is 5.93. The topological polar surface area (TPSA) is 64.7 Å². The molecule has 1 aromatic heterocycles. The first-order valence-corrected chi connectivity index (χ1v) is 8.51. The minimum absolute atomic E-state index is 0.0417. The summed E-state index contributed by atoms with van der Waals surface area (Å²) in [5, 5.41) is 19.9. The van der Waals surface area contributed by atoms with Crippen LogP contribution in [0.15, 0.2) is 73.3 Å². The fourth-order valence-electron chi connectivity index (χ4n) is 2.97. The van der Waals surface area contributed by atoms with Crippen LogP contribution < -0.4 is 10.7 Å². The molecule has 132 valence electrons. The molecule has 1 heterocycles. The van der Waals surface area contributed by atoms with E-state index < -0.39 is 5.41 Å². The van der Waals surface area contributed by atoms with Crippen LogP contribution in [0.25, 0.3) is 11.1 Å². The number of nitrogens with zero attached hydrogens (tertiary/aromatic N) is 2. The molecule has 0 radical (unpaired) electrons. The van der Waals surface area contributed by atoms with Gasteiger partial charge in [0.1, 0.15) is 0 Å². The molecule has 1 N–H and O–H groups in total. The summed E-state index contributed by atoms with van der Waals surface area (Å²) in [6.07, 6.45) is 2.46. The van der Waals surface area contributed by atoms with Crippen LogP contribution in [0.2, 0.25) is 0 Å². The molecule has 26 heavy (non-hydrogen) atoms. The van der Waals surface area contributed by atoms with E-state index in [1.165, 1.54) is 16.2 Å². The van der Waals surface area contributed by atoms with Gasteiger partial charge in [-0.3, -0.25) is 5.41 Å². The van der Waals surface area contributed by atoms with Crippen molar-refractivity contribution in [2.75, 3.05) is 0 Å². The molecule has 0 unspecified atom stereocenters. The van der Waals surface area contributed by atoms with Crippen molar-refractivity contribution in [3.63, 3.8) is 0 Å². The molecule has 0 aliphatic heterocycles. The van der Waals surface area contributed by atoms with Gasteiger partial charge in [0.25, 0.3) is 0 Å². The van der Waals surface area contributed by atoms with Crippen molar-refractivity contribution in [3.05, 3.63) is 90.2 Å². The van der Waals surface area contributed by atoms with Crippen LogP contribution in [0.4, 0.5) is 0 Å². The highest BCUT2D eigenvalue weighted by Crippen LogP contribution is 2.29. The Morgan fingerprint density at radius 1 is 1.12 bits per heavy atom. The zero-order valence-corrected chi connectivity index (χ0v) is 15.1. The van der Waals surface area contributed by atoms with Crippen LogP contribution in [0.5, 0.6) is 5.88 Å². The first-order valence-electron chi connectivity index (χ1n) is 8.51. The van der Waals surface area contributed by atoms with E-state index in [0.29, 0.717) is 12.1 Å². The van der Waals surface area contributed by atoms with E-state index >= 15 is 0 Å². The Labute approximate surface area is 153 Å². The summed E-state index contributed by atoms with van der Waals surface area (Å²) in [6, 6.07) is 20.1. The largest absolute Gasteiger partial charge is 0.860 e. The average Bonchev–Trinajstić information content (AvgIpc) is 2.67. The lowest BCUT2D eigenvalue weighted by Gasteiger charge is -2.27. The SMILES string of the molecule is C=C[C@](C)(Cc1ccc(-c2ccccc2)cc1)c1cc([O-])n(C)c(=N)n1. The van der Waals surface area contributed by atoms with Crippen molar-refractivity contribution in [2.45, 2.75) is 18.8 Å². The van der Waals surface area contributed by atoms with Crippen LogP contribution in [0.1, 0.15) is 18.2 Å². The first-order chi connectivity index (χ1) is 12.4. The summed E-state index contributed by atoms with van der Waals surface area (Å²) in [5.41, 5.74) is 3.48. The summed E-state index contributed by atoms with van der Waals surface area (Å²) in [5.74, 6) is -0.229. The first kappa shape index (κ1) is 17.7. The number of nitrogens with one attached hydrogen (secondary N) is 1. The van der Waals surface area contributed by atoms with Crippen LogP contribution in [0, 0.1) is 5.41 Å². The number of hydrogen-bond acceptors (Lipinski definition) is 3. The maximum atomic E-state index is 12.0.